The number of quaternary nitrogens is 1. The fraction of sp³-hybridized carbons (Fsp3) is 0.438. The molecule has 7 nitrogen and oxygen atoms in total. The quantitative estimate of drug-likeness (QED) is 0.742. The summed E-state index contributed by atoms with van der Waals surface area (Å²) in [5.41, 5.74) is 0.758. The predicted octanol–water partition coefficient (Wildman–Crippen LogP) is 0.244. The summed E-state index contributed by atoms with van der Waals surface area (Å²) in [6.07, 6.45) is 1.14. The first kappa shape index (κ1) is 18.2. The smallest absolute Gasteiger partial charge is 0.284 e. The molecule has 0 saturated carbocycles. The van der Waals surface area contributed by atoms with Gasteiger partial charge in [0.2, 0.25) is 0 Å². The number of carboxylic acid groups (broad SMARTS) is 1. The van der Waals surface area contributed by atoms with Crippen molar-refractivity contribution >= 4 is 28.3 Å². The van der Waals surface area contributed by atoms with E-state index >= 15 is 0 Å². The van der Waals surface area contributed by atoms with Crippen molar-refractivity contribution < 1.29 is 24.4 Å². The number of carbonyl (C=O) groups is 2. The summed E-state index contributed by atoms with van der Waals surface area (Å²) in [5.74, 6) is -1.03. The average Bonchev–Trinajstić information content (AvgIpc) is 3.13. The minimum absolute atomic E-state index is 0.116. The molecule has 0 aliphatic heterocycles. The van der Waals surface area contributed by atoms with Crippen molar-refractivity contribution in [3.63, 3.8) is 0 Å². The zero-order valence-electron chi connectivity index (χ0n) is 13.9. The Morgan fingerprint density at radius 2 is 2.21 bits per heavy atom. The largest absolute Gasteiger partial charge is 0.550 e. The fourth-order valence-electron chi connectivity index (χ4n) is 2.02. The van der Waals surface area contributed by atoms with Crippen LogP contribution in [0.4, 0.5) is 5.13 Å². The number of furan rings is 1. The zero-order valence-corrected chi connectivity index (χ0v) is 14.7. The van der Waals surface area contributed by atoms with Gasteiger partial charge in [-0.25, -0.2) is 4.98 Å². The van der Waals surface area contributed by atoms with Crippen LogP contribution in [0.15, 0.2) is 28.2 Å². The topological polar surface area (TPSA) is 112 Å². The molecule has 0 fully saturated rings. The highest BCUT2D eigenvalue weighted by atomic mass is 32.1. The first-order valence-electron chi connectivity index (χ1n) is 7.58. The Morgan fingerprint density at radius 1 is 1.46 bits per heavy atom. The van der Waals surface area contributed by atoms with Crippen LogP contribution in [0.1, 0.15) is 38.6 Å². The van der Waals surface area contributed by atoms with Crippen molar-refractivity contribution in [3.8, 4) is 0 Å². The normalized spacial score (nSPS) is 12.8. The minimum atomic E-state index is -1.28. The average molecular weight is 351 g/mol. The van der Waals surface area contributed by atoms with Crippen LogP contribution in [0.25, 0.3) is 0 Å². The number of carbonyl (C=O) groups excluding carboxylic acids is 2. The monoisotopic (exact) mass is 351 g/mol. The second-order valence-corrected chi connectivity index (χ2v) is 7.34. The van der Waals surface area contributed by atoms with Crippen molar-refractivity contribution in [2.75, 3.05) is 5.32 Å². The van der Waals surface area contributed by atoms with Gasteiger partial charge in [-0.05, 0) is 12.1 Å². The number of aromatic nitrogens is 1. The first-order valence-corrected chi connectivity index (χ1v) is 8.46. The molecule has 0 bridgehead atoms. The maximum absolute atomic E-state index is 12.4. The SMILES string of the molecule is CC(C)(C)c1csc(NC(=O)[C@@H](CC(=O)[O-])[NH2+]Cc2ccco2)n1. The molecule has 2 aromatic heterocycles. The molecule has 0 unspecified atom stereocenters. The summed E-state index contributed by atoms with van der Waals surface area (Å²) in [5, 5.41) is 17.6. The number of hydrogen-bond acceptors (Lipinski definition) is 6. The molecule has 2 aromatic rings. The van der Waals surface area contributed by atoms with Crippen molar-refractivity contribution in [2.45, 2.75) is 45.2 Å². The Labute approximate surface area is 144 Å². The number of aliphatic carboxylic acids is 1. The van der Waals surface area contributed by atoms with Crippen molar-refractivity contribution in [2.24, 2.45) is 0 Å². The number of nitrogens with one attached hydrogen (secondary N) is 1. The van der Waals surface area contributed by atoms with Crippen LogP contribution < -0.4 is 15.7 Å². The molecular weight excluding hydrogens is 330 g/mol. The predicted molar refractivity (Wildman–Crippen MR) is 87.2 cm³/mol. The third-order valence-corrected chi connectivity index (χ3v) is 4.17. The van der Waals surface area contributed by atoms with Crippen LogP contribution in [-0.4, -0.2) is 22.9 Å². The van der Waals surface area contributed by atoms with Gasteiger partial charge in [-0.1, -0.05) is 20.8 Å². The van der Waals surface area contributed by atoms with E-state index < -0.39 is 17.9 Å². The molecule has 24 heavy (non-hydrogen) atoms. The van der Waals surface area contributed by atoms with Crippen molar-refractivity contribution in [1.29, 1.82) is 0 Å². The number of nitrogens with two attached hydrogens (primary N) is 1. The van der Waals surface area contributed by atoms with Gasteiger partial charge in [0, 0.05) is 23.2 Å². The molecule has 8 heteroatoms. The Bertz CT molecular complexity index is 688. The molecule has 0 spiro atoms. The molecule has 1 amide bonds. The Kier molecular flexibility index (Phi) is 5.74. The maximum Gasteiger partial charge on any atom is 0.284 e. The van der Waals surface area contributed by atoms with E-state index in [4.69, 9.17) is 4.42 Å². The lowest BCUT2D eigenvalue weighted by Crippen LogP contribution is -2.91. The number of nitrogens with zero attached hydrogens (tertiary/aromatic N) is 1. The van der Waals surface area contributed by atoms with E-state index in [1.807, 2.05) is 26.2 Å². The summed E-state index contributed by atoms with van der Waals surface area (Å²) in [4.78, 5) is 27.7. The number of hydrogen-bond donors (Lipinski definition) is 2. The number of carboxylic acids is 1. The Morgan fingerprint density at radius 3 is 2.75 bits per heavy atom. The summed E-state index contributed by atoms with van der Waals surface area (Å²) in [7, 11) is 0. The van der Waals surface area contributed by atoms with Crippen LogP contribution in [0.2, 0.25) is 0 Å². The molecule has 0 saturated heterocycles. The van der Waals surface area contributed by atoms with Crippen LogP contribution in [0, 0.1) is 0 Å². The lowest BCUT2D eigenvalue weighted by Gasteiger charge is -2.15. The summed E-state index contributed by atoms with van der Waals surface area (Å²) in [6, 6.07) is 2.68. The van der Waals surface area contributed by atoms with Crippen LogP contribution in [-0.2, 0) is 21.5 Å². The lowest BCUT2D eigenvalue weighted by molar-refractivity contribution is -0.693. The van der Waals surface area contributed by atoms with Gasteiger partial charge in [-0.3, -0.25) is 10.1 Å². The molecule has 0 aliphatic rings. The number of anilines is 1. The maximum atomic E-state index is 12.4. The highest BCUT2D eigenvalue weighted by Crippen LogP contribution is 2.26. The van der Waals surface area contributed by atoms with E-state index in [9.17, 15) is 14.7 Å². The molecule has 3 N–H and O–H groups in total. The fourth-order valence-corrected chi connectivity index (χ4v) is 2.96. The van der Waals surface area contributed by atoms with Gasteiger partial charge in [0.05, 0.1) is 12.0 Å². The van der Waals surface area contributed by atoms with Gasteiger partial charge >= 0.3 is 0 Å². The molecule has 2 rings (SSSR count). The van der Waals surface area contributed by atoms with E-state index in [0.29, 0.717) is 17.4 Å². The van der Waals surface area contributed by atoms with E-state index in [-0.39, 0.29) is 11.8 Å². The highest BCUT2D eigenvalue weighted by Gasteiger charge is 2.25. The van der Waals surface area contributed by atoms with Gasteiger partial charge in [-0.2, -0.15) is 0 Å². The molecular formula is C16H21N3O4S. The lowest BCUT2D eigenvalue weighted by atomic mass is 9.93. The van der Waals surface area contributed by atoms with Gasteiger partial charge in [0.15, 0.2) is 16.9 Å². The molecule has 130 valence electrons. The number of amides is 1. The second-order valence-electron chi connectivity index (χ2n) is 6.48. The number of rotatable bonds is 7. The molecule has 1 atom stereocenters. The third kappa shape index (κ3) is 5.17. The van der Waals surface area contributed by atoms with Crippen molar-refractivity contribution in [3.05, 3.63) is 35.2 Å². The highest BCUT2D eigenvalue weighted by molar-refractivity contribution is 7.13. The number of thiazole rings is 1. The second kappa shape index (κ2) is 7.59. The minimum Gasteiger partial charge on any atom is -0.550 e. The zero-order chi connectivity index (χ0) is 17.7. The molecule has 0 aromatic carbocycles. The van der Waals surface area contributed by atoms with Crippen LogP contribution >= 0.6 is 11.3 Å². The molecule has 2 heterocycles. The molecule has 0 aliphatic carbocycles. The molecule has 0 radical (unpaired) electrons. The Balaban J connectivity index is 2.01. The van der Waals surface area contributed by atoms with E-state index in [0.717, 1.165) is 5.69 Å². The van der Waals surface area contributed by atoms with Crippen molar-refractivity contribution in [1.82, 2.24) is 4.98 Å². The van der Waals surface area contributed by atoms with E-state index in [1.54, 1.807) is 17.4 Å². The van der Waals surface area contributed by atoms with Gasteiger partial charge in [0.25, 0.3) is 5.91 Å². The standard InChI is InChI=1S/C16H21N3O4S/c1-16(2,3)12-9-24-15(18-12)19-14(22)11(7-13(20)21)17-8-10-5-4-6-23-10/h4-6,9,11,17H,7-8H2,1-3H3,(H,20,21)(H,18,19,22)/t11-/m1/s1. The Hall–Kier alpha value is -2.19. The van der Waals surface area contributed by atoms with Crippen LogP contribution in [0.3, 0.4) is 0 Å². The van der Waals surface area contributed by atoms with Gasteiger partial charge in [0.1, 0.15) is 6.54 Å². The summed E-state index contributed by atoms with van der Waals surface area (Å²) < 4.78 is 5.19. The van der Waals surface area contributed by atoms with Gasteiger partial charge < -0.3 is 19.6 Å². The van der Waals surface area contributed by atoms with Gasteiger partial charge in [-0.15, -0.1) is 11.3 Å². The third-order valence-electron chi connectivity index (χ3n) is 3.41. The summed E-state index contributed by atoms with van der Waals surface area (Å²) in [6.45, 7) is 6.46. The summed E-state index contributed by atoms with van der Waals surface area (Å²) >= 11 is 1.32. The first-order chi connectivity index (χ1) is 11.3. The van der Waals surface area contributed by atoms with Crippen LogP contribution in [0.5, 0.6) is 0 Å². The van der Waals surface area contributed by atoms with E-state index in [2.05, 4.69) is 10.3 Å². The van der Waals surface area contributed by atoms with E-state index in [1.165, 1.54) is 17.6 Å².